The fourth-order valence-electron chi connectivity index (χ4n) is 2.11. The summed E-state index contributed by atoms with van der Waals surface area (Å²) in [4.78, 5) is 13.5. The van der Waals surface area contributed by atoms with E-state index in [1.54, 1.807) is 28.4 Å². The molecule has 4 nitrogen and oxygen atoms in total. The van der Waals surface area contributed by atoms with Crippen LogP contribution in [0.15, 0.2) is 60.2 Å². The highest BCUT2D eigenvalue weighted by Crippen LogP contribution is 2.31. The number of thiophene rings is 1. The van der Waals surface area contributed by atoms with Gasteiger partial charge < -0.3 is 5.32 Å². The predicted octanol–water partition coefficient (Wildman–Crippen LogP) is 3.81. The molecule has 0 aliphatic carbocycles. The summed E-state index contributed by atoms with van der Waals surface area (Å²) < 4.78 is 1.64. The molecule has 21 heavy (non-hydrogen) atoms. The van der Waals surface area contributed by atoms with Crippen molar-refractivity contribution in [2.24, 2.45) is 0 Å². The first-order valence-corrected chi connectivity index (χ1v) is 7.56. The van der Waals surface area contributed by atoms with E-state index in [0.29, 0.717) is 0 Å². The molecule has 1 unspecified atom stereocenters. The van der Waals surface area contributed by atoms with Crippen LogP contribution < -0.4 is 5.32 Å². The number of para-hydroxylation sites is 1. The number of anilines is 1. The normalized spacial score (nSPS) is 12.0. The molecule has 5 heteroatoms. The topological polar surface area (TPSA) is 46.9 Å². The lowest BCUT2D eigenvalue weighted by Gasteiger charge is -2.14. The molecule has 0 saturated heterocycles. The standard InChI is InChI=1S/C16H15N3OS/c1-12(19-10-5-9-17-19)16(20)18-14-7-3-2-6-13(14)15-8-4-11-21-15/h2-12H,1H3,(H,18,20). The minimum atomic E-state index is -0.351. The van der Waals surface area contributed by atoms with E-state index >= 15 is 0 Å². The zero-order chi connectivity index (χ0) is 14.7. The Morgan fingerprint density at radius 3 is 2.81 bits per heavy atom. The number of carbonyl (C=O) groups is 1. The number of aromatic nitrogens is 2. The van der Waals surface area contributed by atoms with Gasteiger partial charge in [-0.05, 0) is 30.5 Å². The maximum Gasteiger partial charge on any atom is 0.248 e. The van der Waals surface area contributed by atoms with E-state index in [-0.39, 0.29) is 11.9 Å². The quantitative estimate of drug-likeness (QED) is 0.796. The summed E-state index contributed by atoms with van der Waals surface area (Å²) in [5, 5.41) is 9.13. The average Bonchev–Trinajstić information content (AvgIpc) is 3.20. The molecule has 1 atom stereocenters. The first-order chi connectivity index (χ1) is 10.3. The van der Waals surface area contributed by atoms with Gasteiger partial charge in [-0.1, -0.05) is 24.3 Å². The number of nitrogens with zero attached hydrogens (tertiary/aromatic N) is 2. The number of carbonyl (C=O) groups excluding carboxylic acids is 1. The highest BCUT2D eigenvalue weighted by atomic mass is 32.1. The molecule has 2 aromatic heterocycles. The second-order valence-corrected chi connectivity index (χ2v) is 5.62. The Morgan fingerprint density at radius 2 is 2.10 bits per heavy atom. The Morgan fingerprint density at radius 1 is 1.24 bits per heavy atom. The number of rotatable bonds is 4. The molecule has 1 amide bonds. The van der Waals surface area contributed by atoms with Crippen molar-refractivity contribution in [2.75, 3.05) is 5.32 Å². The van der Waals surface area contributed by atoms with Gasteiger partial charge in [0.15, 0.2) is 0 Å². The number of amides is 1. The number of benzene rings is 1. The number of hydrogen-bond donors (Lipinski definition) is 1. The van der Waals surface area contributed by atoms with E-state index in [1.807, 2.05) is 54.8 Å². The maximum atomic E-state index is 12.4. The van der Waals surface area contributed by atoms with Crippen LogP contribution in [0.3, 0.4) is 0 Å². The Labute approximate surface area is 127 Å². The van der Waals surface area contributed by atoms with Crippen LogP contribution in [0.2, 0.25) is 0 Å². The van der Waals surface area contributed by atoms with Crippen LogP contribution in [-0.4, -0.2) is 15.7 Å². The van der Waals surface area contributed by atoms with Gasteiger partial charge in [0.2, 0.25) is 5.91 Å². The van der Waals surface area contributed by atoms with Crippen LogP contribution in [0.4, 0.5) is 5.69 Å². The summed E-state index contributed by atoms with van der Waals surface area (Å²) in [5.41, 5.74) is 1.86. The largest absolute Gasteiger partial charge is 0.324 e. The van der Waals surface area contributed by atoms with Gasteiger partial charge in [0.05, 0.1) is 0 Å². The second kappa shape index (κ2) is 5.93. The van der Waals surface area contributed by atoms with E-state index < -0.39 is 0 Å². The highest BCUT2D eigenvalue weighted by molar-refractivity contribution is 7.13. The number of nitrogens with one attached hydrogen (secondary N) is 1. The molecule has 0 radical (unpaired) electrons. The SMILES string of the molecule is CC(C(=O)Nc1ccccc1-c1cccs1)n1cccn1. The first kappa shape index (κ1) is 13.6. The molecule has 0 aliphatic heterocycles. The van der Waals surface area contributed by atoms with Crippen molar-refractivity contribution in [2.45, 2.75) is 13.0 Å². The van der Waals surface area contributed by atoms with Crippen molar-refractivity contribution in [1.82, 2.24) is 9.78 Å². The monoisotopic (exact) mass is 297 g/mol. The third-order valence-electron chi connectivity index (χ3n) is 3.27. The van der Waals surface area contributed by atoms with Crippen molar-refractivity contribution in [3.8, 4) is 10.4 Å². The summed E-state index contributed by atoms with van der Waals surface area (Å²) in [6.07, 6.45) is 3.46. The van der Waals surface area contributed by atoms with E-state index in [9.17, 15) is 4.79 Å². The minimum absolute atomic E-state index is 0.0808. The molecule has 1 aromatic carbocycles. The van der Waals surface area contributed by atoms with Crippen molar-refractivity contribution in [3.63, 3.8) is 0 Å². The van der Waals surface area contributed by atoms with Gasteiger partial charge >= 0.3 is 0 Å². The summed E-state index contributed by atoms with van der Waals surface area (Å²) in [6.45, 7) is 1.83. The molecule has 106 valence electrons. The van der Waals surface area contributed by atoms with Crippen LogP contribution in [0.1, 0.15) is 13.0 Å². The van der Waals surface area contributed by atoms with Crippen molar-refractivity contribution >= 4 is 22.9 Å². The zero-order valence-corrected chi connectivity index (χ0v) is 12.4. The van der Waals surface area contributed by atoms with E-state index in [2.05, 4.69) is 10.4 Å². The Balaban J connectivity index is 1.84. The predicted molar refractivity (Wildman–Crippen MR) is 85.3 cm³/mol. The molecule has 0 spiro atoms. The molecule has 0 aliphatic rings. The lowest BCUT2D eigenvalue weighted by molar-refractivity contribution is -0.119. The molecule has 0 bridgehead atoms. The van der Waals surface area contributed by atoms with Crippen LogP contribution >= 0.6 is 11.3 Å². The molecular weight excluding hydrogens is 282 g/mol. The second-order valence-electron chi connectivity index (χ2n) is 4.67. The van der Waals surface area contributed by atoms with Gasteiger partial charge in [0.1, 0.15) is 6.04 Å². The molecule has 0 saturated carbocycles. The van der Waals surface area contributed by atoms with E-state index in [0.717, 1.165) is 16.1 Å². The summed E-state index contributed by atoms with van der Waals surface area (Å²) >= 11 is 1.65. The van der Waals surface area contributed by atoms with Crippen LogP contribution in [0.25, 0.3) is 10.4 Å². The fourth-order valence-corrected chi connectivity index (χ4v) is 2.87. The van der Waals surface area contributed by atoms with Gasteiger partial charge in [0, 0.05) is 28.5 Å². The van der Waals surface area contributed by atoms with Gasteiger partial charge in [-0.3, -0.25) is 9.48 Å². The molecule has 2 heterocycles. The number of hydrogen-bond acceptors (Lipinski definition) is 3. The summed E-state index contributed by atoms with van der Waals surface area (Å²) in [5.74, 6) is -0.0808. The van der Waals surface area contributed by atoms with Crippen molar-refractivity contribution < 1.29 is 4.79 Å². The molecule has 0 fully saturated rings. The minimum Gasteiger partial charge on any atom is -0.324 e. The smallest absolute Gasteiger partial charge is 0.248 e. The Hall–Kier alpha value is -2.40. The maximum absolute atomic E-state index is 12.4. The molecule has 1 N–H and O–H groups in total. The van der Waals surface area contributed by atoms with Crippen LogP contribution in [0, 0.1) is 0 Å². The molecule has 3 rings (SSSR count). The Bertz CT molecular complexity index is 720. The Kier molecular flexibility index (Phi) is 3.83. The van der Waals surface area contributed by atoms with E-state index in [4.69, 9.17) is 0 Å². The zero-order valence-electron chi connectivity index (χ0n) is 11.6. The van der Waals surface area contributed by atoms with Crippen LogP contribution in [0.5, 0.6) is 0 Å². The fraction of sp³-hybridized carbons (Fsp3) is 0.125. The molecular formula is C16H15N3OS. The van der Waals surface area contributed by atoms with Crippen molar-refractivity contribution in [1.29, 1.82) is 0 Å². The third-order valence-corrected chi connectivity index (χ3v) is 4.18. The first-order valence-electron chi connectivity index (χ1n) is 6.68. The van der Waals surface area contributed by atoms with Crippen LogP contribution in [-0.2, 0) is 4.79 Å². The summed E-state index contributed by atoms with van der Waals surface area (Å²) in [6, 6.07) is 13.3. The lowest BCUT2D eigenvalue weighted by atomic mass is 10.1. The van der Waals surface area contributed by atoms with Gasteiger partial charge in [0.25, 0.3) is 0 Å². The summed E-state index contributed by atoms with van der Waals surface area (Å²) in [7, 11) is 0. The highest BCUT2D eigenvalue weighted by Gasteiger charge is 2.16. The van der Waals surface area contributed by atoms with E-state index in [1.165, 1.54) is 0 Å². The van der Waals surface area contributed by atoms with Gasteiger partial charge in [-0.15, -0.1) is 11.3 Å². The van der Waals surface area contributed by atoms with Gasteiger partial charge in [-0.25, -0.2) is 0 Å². The van der Waals surface area contributed by atoms with Gasteiger partial charge in [-0.2, -0.15) is 5.10 Å². The molecule has 3 aromatic rings. The lowest BCUT2D eigenvalue weighted by Crippen LogP contribution is -2.24. The van der Waals surface area contributed by atoms with Crippen molar-refractivity contribution in [3.05, 3.63) is 60.2 Å². The average molecular weight is 297 g/mol. The third kappa shape index (κ3) is 2.87.